The van der Waals surface area contributed by atoms with Crippen molar-refractivity contribution in [1.82, 2.24) is 9.97 Å². The summed E-state index contributed by atoms with van der Waals surface area (Å²) in [5.74, 6) is -0.295. The number of carbonyl (C=O) groups is 1. The predicted molar refractivity (Wildman–Crippen MR) is 136 cm³/mol. The van der Waals surface area contributed by atoms with Gasteiger partial charge in [0.05, 0.1) is 0 Å². The number of esters is 1. The Bertz CT molecular complexity index is 1220. The van der Waals surface area contributed by atoms with Crippen LogP contribution in [-0.2, 0) is 23.2 Å². The van der Waals surface area contributed by atoms with Gasteiger partial charge in [-0.1, -0.05) is 73.0 Å². The van der Waals surface area contributed by atoms with E-state index in [0.29, 0.717) is 12.2 Å². The van der Waals surface area contributed by atoms with Gasteiger partial charge in [0.25, 0.3) is 5.56 Å². The Balaban J connectivity index is 1.70. The van der Waals surface area contributed by atoms with Crippen LogP contribution >= 0.6 is 0 Å². The van der Waals surface area contributed by atoms with E-state index in [4.69, 9.17) is 9.47 Å². The molecule has 0 spiro atoms. The van der Waals surface area contributed by atoms with Crippen LogP contribution in [0.2, 0.25) is 0 Å². The molecule has 0 bridgehead atoms. The van der Waals surface area contributed by atoms with E-state index >= 15 is 0 Å². The molecule has 35 heavy (non-hydrogen) atoms. The van der Waals surface area contributed by atoms with Gasteiger partial charge in [0.15, 0.2) is 5.69 Å². The van der Waals surface area contributed by atoms with Crippen LogP contribution in [-0.4, -0.2) is 21.5 Å². The Morgan fingerprint density at radius 1 is 1.03 bits per heavy atom. The van der Waals surface area contributed by atoms with Crippen LogP contribution < -0.4 is 10.3 Å². The van der Waals surface area contributed by atoms with Crippen molar-refractivity contribution in [2.24, 2.45) is 0 Å². The van der Waals surface area contributed by atoms with Crippen molar-refractivity contribution >= 4 is 5.97 Å². The number of nitrogens with one attached hydrogen (secondary N) is 1. The molecule has 1 aromatic heterocycles. The van der Waals surface area contributed by atoms with Gasteiger partial charge >= 0.3 is 5.97 Å². The molecule has 6 heteroatoms. The Morgan fingerprint density at radius 2 is 1.69 bits per heavy atom. The summed E-state index contributed by atoms with van der Waals surface area (Å²) in [5, 5.41) is 0. The number of rotatable bonds is 7. The second kappa shape index (κ2) is 10.1. The van der Waals surface area contributed by atoms with Crippen molar-refractivity contribution in [3.05, 3.63) is 93.2 Å². The van der Waals surface area contributed by atoms with Crippen molar-refractivity contribution in [2.75, 3.05) is 0 Å². The first-order valence-electron chi connectivity index (χ1n) is 12.3. The molecule has 3 aromatic rings. The first-order chi connectivity index (χ1) is 16.7. The molecule has 1 fully saturated rings. The largest absolute Gasteiger partial charge is 0.481 e. The summed E-state index contributed by atoms with van der Waals surface area (Å²) in [6, 6.07) is 18.1. The molecule has 0 unspecified atom stereocenters. The second-order valence-corrected chi connectivity index (χ2v) is 10.5. The molecular formula is C29H34N2O4. The molecule has 4 rings (SSSR count). The van der Waals surface area contributed by atoms with Gasteiger partial charge in [-0.05, 0) is 51.7 Å². The lowest BCUT2D eigenvalue weighted by Crippen LogP contribution is -2.31. The molecule has 0 amide bonds. The highest BCUT2D eigenvalue weighted by atomic mass is 16.6. The highest BCUT2D eigenvalue weighted by Gasteiger charge is 2.37. The zero-order valence-electron chi connectivity index (χ0n) is 21.0. The topological polar surface area (TPSA) is 81.3 Å². The summed E-state index contributed by atoms with van der Waals surface area (Å²) < 4.78 is 11.4. The van der Waals surface area contributed by atoms with Crippen LogP contribution in [0.25, 0.3) is 0 Å². The maximum Gasteiger partial charge on any atom is 0.361 e. The van der Waals surface area contributed by atoms with Gasteiger partial charge in [-0.15, -0.1) is 0 Å². The number of aromatic nitrogens is 2. The lowest BCUT2D eigenvalue weighted by atomic mass is 9.75. The highest BCUT2D eigenvalue weighted by Crippen LogP contribution is 2.43. The summed E-state index contributed by atoms with van der Waals surface area (Å²) in [7, 11) is 0. The first kappa shape index (κ1) is 24.7. The van der Waals surface area contributed by atoms with E-state index in [2.05, 4.69) is 41.2 Å². The fraction of sp³-hybridized carbons (Fsp3) is 0.414. The first-order valence-corrected chi connectivity index (χ1v) is 12.3. The number of hydrogen-bond donors (Lipinski definition) is 1. The third-order valence-electron chi connectivity index (χ3n) is 6.47. The maximum absolute atomic E-state index is 13.2. The number of benzene rings is 2. The molecule has 2 aromatic carbocycles. The lowest BCUT2D eigenvalue weighted by molar-refractivity contribution is 0.00571. The molecule has 6 nitrogen and oxygen atoms in total. The number of nitrogens with zero attached hydrogens (tertiary/aromatic N) is 1. The minimum Gasteiger partial charge on any atom is -0.481 e. The minimum atomic E-state index is -0.729. The van der Waals surface area contributed by atoms with Crippen LogP contribution in [0.1, 0.15) is 79.5 Å². The Hall–Kier alpha value is -3.41. The van der Waals surface area contributed by atoms with Crippen LogP contribution in [0.5, 0.6) is 5.75 Å². The highest BCUT2D eigenvalue weighted by molar-refractivity contribution is 5.90. The zero-order valence-corrected chi connectivity index (χ0v) is 21.0. The number of H-pyrrole nitrogens is 1. The van der Waals surface area contributed by atoms with Crippen molar-refractivity contribution in [1.29, 1.82) is 0 Å². The smallest absolute Gasteiger partial charge is 0.361 e. The fourth-order valence-corrected chi connectivity index (χ4v) is 4.77. The molecule has 1 N–H and O–H groups in total. The average molecular weight is 475 g/mol. The normalized spacial score (nSPS) is 15.1. The maximum atomic E-state index is 13.2. The molecule has 1 heterocycles. The third-order valence-corrected chi connectivity index (χ3v) is 6.47. The van der Waals surface area contributed by atoms with Crippen molar-refractivity contribution < 1.29 is 14.3 Å². The SMILES string of the molecule is Cc1ccc(C2(Cc3nc(C(=O)OC(C)(C)C)c(OCc4ccccc4)c(=O)[nH]3)CCCC2)cc1. The van der Waals surface area contributed by atoms with Gasteiger partial charge in [0.2, 0.25) is 5.75 Å². The molecule has 1 aliphatic carbocycles. The molecule has 1 saturated carbocycles. The quantitative estimate of drug-likeness (QED) is 0.447. The average Bonchev–Trinajstić information content (AvgIpc) is 3.27. The van der Waals surface area contributed by atoms with Gasteiger partial charge in [-0.25, -0.2) is 9.78 Å². The van der Waals surface area contributed by atoms with E-state index in [9.17, 15) is 9.59 Å². The van der Waals surface area contributed by atoms with E-state index < -0.39 is 17.1 Å². The van der Waals surface area contributed by atoms with Crippen LogP contribution in [0.4, 0.5) is 0 Å². The number of ether oxygens (including phenoxy) is 2. The van der Waals surface area contributed by atoms with E-state index in [0.717, 1.165) is 31.2 Å². The molecule has 184 valence electrons. The predicted octanol–water partition coefficient (Wildman–Crippen LogP) is 5.67. The van der Waals surface area contributed by atoms with Crippen LogP contribution in [0.15, 0.2) is 59.4 Å². The Labute approximate surface area is 206 Å². The molecular weight excluding hydrogens is 440 g/mol. The van der Waals surface area contributed by atoms with E-state index in [1.807, 2.05) is 30.3 Å². The third kappa shape index (κ3) is 5.99. The van der Waals surface area contributed by atoms with Crippen molar-refractivity contribution in [2.45, 2.75) is 77.4 Å². The molecule has 1 aliphatic rings. The zero-order chi connectivity index (χ0) is 25.1. The summed E-state index contributed by atoms with van der Waals surface area (Å²) in [6.07, 6.45) is 4.80. The Morgan fingerprint density at radius 3 is 2.31 bits per heavy atom. The standard InChI is InChI=1S/C29H34N2O4/c1-20-12-14-22(15-13-20)29(16-8-9-17-29)18-23-30-24(27(33)35-28(2,3)4)25(26(32)31-23)34-19-21-10-6-5-7-11-21/h5-7,10-15H,8-9,16-19H2,1-4H3,(H,30,31,32). The van der Waals surface area contributed by atoms with Gasteiger partial charge < -0.3 is 14.5 Å². The number of carbonyl (C=O) groups excluding carboxylic acids is 1. The minimum absolute atomic E-state index is 0.0772. The fourth-order valence-electron chi connectivity index (χ4n) is 4.77. The van der Waals surface area contributed by atoms with Gasteiger partial charge in [-0.2, -0.15) is 0 Å². The molecule has 0 radical (unpaired) electrons. The van der Waals surface area contributed by atoms with Gasteiger partial charge in [-0.3, -0.25) is 4.79 Å². The monoisotopic (exact) mass is 474 g/mol. The van der Waals surface area contributed by atoms with Crippen molar-refractivity contribution in [3.8, 4) is 5.75 Å². The van der Waals surface area contributed by atoms with Gasteiger partial charge in [0, 0.05) is 11.8 Å². The van der Waals surface area contributed by atoms with Crippen LogP contribution in [0.3, 0.4) is 0 Å². The second-order valence-electron chi connectivity index (χ2n) is 10.5. The summed E-state index contributed by atoms with van der Waals surface area (Å²) in [5.41, 5.74) is 1.94. The lowest BCUT2D eigenvalue weighted by Gasteiger charge is -2.29. The number of hydrogen-bond acceptors (Lipinski definition) is 5. The van der Waals surface area contributed by atoms with E-state index in [-0.39, 0.29) is 23.5 Å². The molecule has 0 atom stereocenters. The van der Waals surface area contributed by atoms with Gasteiger partial charge in [0.1, 0.15) is 18.0 Å². The van der Waals surface area contributed by atoms with E-state index in [1.54, 1.807) is 20.8 Å². The van der Waals surface area contributed by atoms with Crippen LogP contribution in [0, 0.1) is 6.92 Å². The van der Waals surface area contributed by atoms with E-state index in [1.165, 1.54) is 11.1 Å². The summed E-state index contributed by atoms with van der Waals surface area (Å²) in [6.45, 7) is 7.58. The molecule has 0 saturated heterocycles. The Kier molecular flexibility index (Phi) is 7.10. The number of aryl methyl sites for hydroxylation is 1. The summed E-state index contributed by atoms with van der Waals surface area (Å²) in [4.78, 5) is 33.8. The summed E-state index contributed by atoms with van der Waals surface area (Å²) >= 11 is 0. The van der Waals surface area contributed by atoms with Crippen molar-refractivity contribution in [3.63, 3.8) is 0 Å². The molecule has 0 aliphatic heterocycles. The number of aromatic amines is 1.